The summed E-state index contributed by atoms with van der Waals surface area (Å²) in [6.45, 7) is 0.817. The molecule has 1 aliphatic heterocycles. The summed E-state index contributed by atoms with van der Waals surface area (Å²) in [5.41, 5.74) is 5.90. The summed E-state index contributed by atoms with van der Waals surface area (Å²) >= 11 is 1.25. The molecule has 1 fully saturated rings. The Morgan fingerprint density at radius 1 is 1.10 bits per heavy atom. The van der Waals surface area contributed by atoms with Crippen molar-refractivity contribution in [3.8, 4) is 0 Å². The molecule has 0 aliphatic carbocycles. The summed E-state index contributed by atoms with van der Waals surface area (Å²) in [7, 11) is 0. The Morgan fingerprint density at radius 2 is 1.81 bits per heavy atom. The van der Waals surface area contributed by atoms with Gasteiger partial charge in [0, 0.05) is 10.9 Å². The number of thioether (sulfide) groups is 1. The number of halogens is 3. The lowest BCUT2D eigenvalue weighted by Gasteiger charge is -2.35. The van der Waals surface area contributed by atoms with Crippen molar-refractivity contribution < 1.29 is 22.8 Å². The molecule has 0 radical (unpaired) electrons. The summed E-state index contributed by atoms with van der Waals surface area (Å²) < 4.78 is 38.6. The van der Waals surface area contributed by atoms with Crippen molar-refractivity contribution in [3.63, 3.8) is 0 Å². The standard InChI is InChI=1S/C22H24F3N3O2S/c23-22(24,25)16-10-8-15(9-11-16)18-6-3-4-12-28(18)13-21(30)27-17-5-1-2-7-19(17)31-14-20(26)29/h1-2,5,7-11,18H,3-4,6,12-14H2,(H2,26,29)(H,27,30). The van der Waals surface area contributed by atoms with Crippen molar-refractivity contribution in [3.05, 3.63) is 59.7 Å². The van der Waals surface area contributed by atoms with Gasteiger partial charge in [-0.3, -0.25) is 14.5 Å². The second-order valence-corrected chi connectivity index (χ2v) is 8.42. The van der Waals surface area contributed by atoms with Crippen molar-refractivity contribution in [1.82, 2.24) is 4.90 Å². The van der Waals surface area contributed by atoms with Crippen LogP contribution in [0.2, 0.25) is 0 Å². The Labute approximate surface area is 183 Å². The minimum absolute atomic E-state index is 0.106. The van der Waals surface area contributed by atoms with Crippen LogP contribution in [-0.4, -0.2) is 35.6 Å². The van der Waals surface area contributed by atoms with Gasteiger partial charge in [0.2, 0.25) is 11.8 Å². The van der Waals surface area contributed by atoms with Gasteiger partial charge in [-0.05, 0) is 49.2 Å². The zero-order chi connectivity index (χ0) is 22.4. The number of carbonyl (C=O) groups is 2. The maximum atomic E-state index is 12.9. The molecule has 3 N–H and O–H groups in total. The average molecular weight is 452 g/mol. The first-order chi connectivity index (χ1) is 14.7. The number of para-hydroxylation sites is 1. The molecule has 2 amide bonds. The number of rotatable bonds is 7. The first-order valence-electron chi connectivity index (χ1n) is 9.95. The molecule has 1 atom stereocenters. The zero-order valence-electron chi connectivity index (χ0n) is 16.8. The van der Waals surface area contributed by atoms with E-state index in [4.69, 9.17) is 5.73 Å². The van der Waals surface area contributed by atoms with Crippen LogP contribution in [-0.2, 0) is 15.8 Å². The Bertz CT molecular complexity index is 919. The van der Waals surface area contributed by atoms with E-state index in [-0.39, 0.29) is 24.2 Å². The topological polar surface area (TPSA) is 75.4 Å². The molecule has 2 aromatic rings. The largest absolute Gasteiger partial charge is 0.416 e. The molecule has 0 saturated carbocycles. The Hall–Kier alpha value is -2.52. The summed E-state index contributed by atoms with van der Waals surface area (Å²) in [5, 5.41) is 2.88. The molecular weight excluding hydrogens is 427 g/mol. The van der Waals surface area contributed by atoms with Gasteiger partial charge in [0.15, 0.2) is 0 Å². The molecule has 1 saturated heterocycles. The fourth-order valence-corrected chi connectivity index (χ4v) is 4.42. The van der Waals surface area contributed by atoms with Crippen molar-refractivity contribution in [2.45, 2.75) is 36.4 Å². The molecule has 0 spiro atoms. The molecule has 1 aliphatic rings. The minimum Gasteiger partial charge on any atom is -0.369 e. The van der Waals surface area contributed by atoms with E-state index >= 15 is 0 Å². The smallest absolute Gasteiger partial charge is 0.369 e. The lowest BCUT2D eigenvalue weighted by molar-refractivity contribution is -0.137. The number of nitrogens with one attached hydrogen (secondary N) is 1. The van der Waals surface area contributed by atoms with E-state index in [9.17, 15) is 22.8 Å². The molecule has 2 aromatic carbocycles. The predicted molar refractivity (Wildman–Crippen MR) is 115 cm³/mol. The highest BCUT2D eigenvalue weighted by Crippen LogP contribution is 2.34. The number of anilines is 1. The number of alkyl halides is 3. The van der Waals surface area contributed by atoms with E-state index in [1.807, 2.05) is 11.0 Å². The van der Waals surface area contributed by atoms with Gasteiger partial charge in [-0.1, -0.05) is 30.7 Å². The molecular formula is C22H24F3N3O2S. The Kier molecular flexibility index (Phi) is 7.61. The van der Waals surface area contributed by atoms with Gasteiger partial charge in [-0.15, -0.1) is 11.8 Å². The SMILES string of the molecule is NC(=O)CSc1ccccc1NC(=O)CN1CCCCC1c1ccc(C(F)(F)F)cc1. The first kappa shape index (κ1) is 23.1. The second kappa shape index (κ2) is 10.2. The molecule has 1 heterocycles. The Balaban J connectivity index is 1.68. The van der Waals surface area contributed by atoms with Crippen molar-refractivity contribution in [2.75, 3.05) is 24.2 Å². The number of nitrogens with two attached hydrogens (primary N) is 1. The first-order valence-corrected chi connectivity index (χ1v) is 10.9. The van der Waals surface area contributed by atoms with Crippen LogP contribution in [0.1, 0.15) is 36.4 Å². The average Bonchev–Trinajstić information content (AvgIpc) is 2.73. The maximum Gasteiger partial charge on any atom is 0.416 e. The summed E-state index contributed by atoms with van der Waals surface area (Å²) in [6, 6.07) is 12.2. The number of likely N-dealkylation sites (tertiary alicyclic amines) is 1. The van der Waals surface area contributed by atoms with Crippen LogP contribution in [0, 0.1) is 0 Å². The third-order valence-corrected chi connectivity index (χ3v) is 6.21. The van der Waals surface area contributed by atoms with Gasteiger partial charge in [0.25, 0.3) is 0 Å². The maximum absolute atomic E-state index is 12.9. The van der Waals surface area contributed by atoms with Crippen molar-refractivity contribution in [1.29, 1.82) is 0 Å². The lowest BCUT2D eigenvalue weighted by atomic mass is 9.94. The minimum atomic E-state index is -4.37. The van der Waals surface area contributed by atoms with Crippen LogP contribution in [0.5, 0.6) is 0 Å². The number of amides is 2. The van der Waals surface area contributed by atoms with Crippen molar-refractivity contribution in [2.24, 2.45) is 5.73 Å². The molecule has 0 aromatic heterocycles. The summed E-state index contributed by atoms with van der Waals surface area (Å²) in [6.07, 6.45) is -1.71. The quantitative estimate of drug-likeness (QED) is 0.610. The van der Waals surface area contributed by atoms with Crippen LogP contribution in [0.25, 0.3) is 0 Å². The molecule has 5 nitrogen and oxygen atoms in total. The normalized spacial score (nSPS) is 17.3. The predicted octanol–water partition coefficient (Wildman–Crippen LogP) is 4.45. The van der Waals surface area contributed by atoms with Crippen LogP contribution in [0.4, 0.5) is 18.9 Å². The fraction of sp³-hybridized carbons (Fsp3) is 0.364. The molecule has 9 heteroatoms. The number of nitrogens with zero attached hydrogens (tertiary/aromatic N) is 1. The number of benzene rings is 2. The molecule has 0 bridgehead atoms. The van der Waals surface area contributed by atoms with Crippen LogP contribution in [0.3, 0.4) is 0 Å². The monoisotopic (exact) mass is 451 g/mol. The van der Waals surface area contributed by atoms with E-state index in [2.05, 4.69) is 5.32 Å². The van der Waals surface area contributed by atoms with E-state index in [0.29, 0.717) is 12.2 Å². The highest BCUT2D eigenvalue weighted by Gasteiger charge is 2.31. The van der Waals surface area contributed by atoms with Crippen molar-refractivity contribution >= 4 is 29.3 Å². The fourth-order valence-electron chi connectivity index (χ4n) is 3.67. The highest BCUT2D eigenvalue weighted by atomic mass is 32.2. The van der Waals surface area contributed by atoms with E-state index in [1.165, 1.54) is 23.9 Å². The van der Waals surface area contributed by atoms with E-state index < -0.39 is 17.6 Å². The highest BCUT2D eigenvalue weighted by molar-refractivity contribution is 8.00. The van der Waals surface area contributed by atoms with Crippen LogP contribution >= 0.6 is 11.8 Å². The second-order valence-electron chi connectivity index (χ2n) is 7.40. The van der Waals surface area contributed by atoms with Gasteiger partial charge in [0.05, 0.1) is 23.5 Å². The summed E-state index contributed by atoms with van der Waals surface area (Å²) in [4.78, 5) is 26.5. The number of hydrogen-bond acceptors (Lipinski definition) is 4. The molecule has 166 valence electrons. The van der Waals surface area contributed by atoms with Gasteiger partial charge >= 0.3 is 6.18 Å². The number of carbonyl (C=O) groups excluding carboxylic acids is 2. The van der Waals surface area contributed by atoms with Crippen LogP contribution < -0.4 is 11.1 Å². The van der Waals surface area contributed by atoms with Gasteiger partial charge in [-0.2, -0.15) is 13.2 Å². The Morgan fingerprint density at radius 3 is 2.48 bits per heavy atom. The number of piperidine rings is 1. The number of hydrogen-bond donors (Lipinski definition) is 2. The lowest BCUT2D eigenvalue weighted by Crippen LogP contribution is -2.39. The van der Waals surface area contributed by atoms with Gasteiger partial charge in [-0.25, -0.2) is 0 Å². The summed E-state index contributed by atoms with van der Waals surface area (Å²) in [5.74, 6) is -0.556. The van der Waals surface area contributed by atoms with E-state index in [1.54, 1.807) is 18.2 Å². The van der Waals surface area contributed by atoms with Gasteiger partial charge < -0.3 is 11.1 Å². The third-order valence-electron chi connectivity index (χ3n) is 5.11. The molecule has 31 heavy (non-hydrogen) atoms. The van der Waals surface area contributed by atoms with Gasteiger partial charge in [0.1, 0.15) is 0 Å². The molecule has 3 rings (SSSR count). The molecule has 1 unspecified atom stereocenters. The zero-order valence-corrected chi connectivity index (χ0v) is 17.6. The third kappa shape index (κ3) is 6.48. The van der Waals surface area contributed by atoms with E-state index in [0.717, 1.165) is 41.9 Å². The number of primary amides is 1. The van der Waals surface area contributed by atoms with Crippen LogP contribution in [0.15, 0.2) is 53.4 Å².